The number of benzene rings is 1. The fourth-order valence-corrected chi connectivity index (χ4v) is 2.96. The second-order valence-corrected chi connectivity index (χ2v) is 6.91. The van der Waals surface area contributed by atoms with Crippen LogP contribution in [0.25, 0.3) is 0 Å². The Kier molecular flexibility index (Phi) is 4.54. The number of piperidine rings is 1. The molecule has 7 heteroatoms. The van der Waals surface area contributed by atoms with E-state index in [0.29, 0.717) is 16.8 Å². The number of anilines is 2. The molecule has 5 nitrogen and oxygen atoms in total. The maximum absolute atomic E-state index is 11.2. The van der Waals surface area contributed by atoms with Gasteiger partial charge in [0.05, 0.1) is 17.0 Å². The lowest BCUT2D eigenvalue weighted by molar-refractivity contribution is 0.480. The molecule has 2 rings (SSSR count). The molecule has 1 heterocycles. The Bertz CT molecular complexity index is 542. The molecule has 1 aliphatic heterocycles. The van der Waals surface area contributed by atoms with Crippen LogP contribution in [0.5, 0.6) is 0 Å². The van der Waals surface area contributed by atoms with E-state index in [-0.39, 0.29) is 0 Å². The van der Waals surface area contributed by atoms with Gasteiger partial charge in [0, 0.05) is 18.3 Å². The molecule has 1 saturated heterocycles. The Balaban J connectivity index is 2.05. The van der Waals surface area contributed by atoms with Gasteiger partial charge in [-0.3, -0.25) is 4.72 Å². The third kappa shape index (κ3) is 4.56. The number of sulfonamides is 1. The van der Waals surface area contributed by atoms with Gasteiger partial charge >= 0.3 is 0 Å². The van der Waals surface area contributed by atoms with E-state index in [0.717, 1.165) is 37.9 Å². The van der Waals surface area contributed by atoms with Crippen LogP contribution in [0, 0.1) is 0 Å². The summed E-state index contributed by atoms with van der Waals surface area (Å²) in [5, 5.41) is 7.10. The highest BCUT2D eigenvalue weighted by molar-refractivity contribution is 7.92. The zero-order valence-electron chi connectivity index (χ0n) is 10.7. The van der Waals surface area contributed by atoms with Crippen LogP contribution in [-0.4, -0.2) is 33.8 Å². The summed E-state index contributed by atoms with van der Waals surface area (Å²) < 4.78 is 24.7. The van der Waals surface area contributed by atoms with E-state index < -0.39 is 10.0 Å². The molecule has 0 radical (unpaired) electrons. The highest BCUT2D eigenvalue weighted by Gasteiger charge is 2.13. The van der Waals surface area contributed by atoms with Crippen LogP contribution < -0.4 is 15.4 Å². The van der Waals surface area contributed by atoms with Gasteiger partial charge in [-0.25, -0.2) is 8.42 Å². The SMILES string of the molecule is CS(=O)(=O)Nc1ccc(NC2CCCNC2)cc1Cl. The van der Waals surface area contributed by atoms with Crippen molar-refractivity contribution < 1.29 is 8.42 Å². The van der Waals surface area contributed by atoms with E-state index in [4.69, 9.17) is 11.6 Å². The van der Waals surface area contributed by atoms with E-state index in [9.17, 15) is 8.42 Å². The molecule has 0 spiro atoms. The van der Waals surface area contributed by atoms with Crippen molar-refractivity contribution in [3.8, 4) is 0 Å². The Hall–Kier alpha value is -0.980. The van der Waals surface area contributed by atoms with E-state index in [1.165, 1.54) is 0 Å². The van der Waals surface area contributed by atoms with Gasteiger partial charge < -0.3 is 10.6 Å². The van der Waals surface area contributed by atoms with Crippen LogP contribution in [0.2, 0.25) is 5.02 Å². The normalized spacial score (nSPS) is 20.0. The first kappa shape index (κ1) is 14.4. The molecule has 1 aromatic carbocycles. The topological polar surface area (TPSA) is 70.2 Å². The molecular weight excluding hydrogens is 286 g/mol. The molecule has 1 unspecified atom stereocenters. The minimum absolute atomic E-state index is 0.388. The Morgan fingerprint density at radius 2 is 2.21 bits per heavy atom. The van der Waals surface area contributed by atoms with Crippen molar-refractivity contribution in [3.63, 3.8) is 0 Å². The minimum Gasteiger partial charge on any atom is -0.381 e. The molecule has 1 atom stereocenters. The molecule has 0 bridgehead atoms. The maximum Gasteiger partial charge on any atom is 0.229 e. The predicted molar refractivity (Wildman–Crippen MR) is 79.4 cm³/mol. The van der Waals surface area contributed by atoms with Crippen molar-refractivity contribution >= 4 is 33.0 Å². The molecule has 1 aromatic rings. The molecular formula is C12H18ClN3O2S. The lowest BCUT2D eigenvalue weighted by atomic mass is 10.1. The molecule has 0 saturated carbocycles. The van der Waals surface area contributed by atoms with Crippen molar-refractivity contribution in [3.05, 3.63) is 23.2 Å². The average molecular weight is 304 g/mol. The molecule has 0 amide bonds. The number of rotatable bonds is 4. The first-order valence-corrected chi connectivity index (χ1v) is 8.45. The van der Waals surface area contributed by atoms with Gasteiger partial charge in [-0.05, 0) is 37.6 Å². The van der Waals surface area contributed by atoms with Crippen LogP contribution in [0.15, 0.2) is 18.2 Å². The van der Waals surface area contributed by atoms with Gasteiger partial charge in [-0.1, -0.05) is 11.6 Å². The number of hydrogen-bond acceptors (Lipinski definition) is 4. The fourth-order valence-electron chi connectivity index (χ4n) is 2.10. The van der Waals surface area contributed by atoms with Gasteiger partial charge in [0.25, 0.3) is 0 Å². The fraction of sp³-hybridized carbons (Fsp3) is 0.500. The summed E-state index contributed by atoms with van der Waals surface area (Å²) in [6, 6.07) is 5.62. The second kappa shape index (κ2) is 5.98. The Morgan fingerprint density at radius 1 is 1.42 bits per heavy atom. The van der Waals surface area contributed by atoms with Crippen LogP contribution in [-0.2, 0) is 10.0 Å². The summed E-state index contributed by atoms with van der Waals surface area (Å²) in [4.78, 5) is 0. The third-order valence-electron chi connectivity index (χ3n) is 2.93. The van der Waals surface area contributed by atoms with Crippen molar-refractivity contribution in [2.24, 2.45) is 0 Å². The predicted octanol–water partition coefficient (Wildman–Crippen LogP) is 1.88. The van der Waals surface area contributed by atoms with Crippen LogP contribution in [0.4, 0.5) is 11.4 Å². The summed E-state index contributed by atoms with van der Waals surface area (Å²) in [5.41, 5.74) is 1.30. The van der Waals surface area contributed by atoms with Gasteiger partial charge in [-0.2, -0.15) is 0 Å². The zero-order chi connectivity index (χ0) is 13.9. The molecule has 1 aliphatic rings. The monoisotopic (exact) mass is 303 g/mol. The quantitative estimate of drug-likeness (QED) is 0.794. The average Bonchev–Trinajstić information content (AvgIpc) is 2.33. The number of halogens is 1. The standard InChI is InChI=1S/C12H18ClN3O2S/c1-19(17,18)16-12-5-4-9(7-11(12)13)15-10-3-2-6-14-8-10/h4-5,7,10,14-16H,2-3,6,8H2,1H3. The molecule has 106 valence electrons. The van der Waals surface area contributed by atoms with Gasteiger partial charge in [-0.15, -0.1) is 0 Å². The van der Waals surface area contributed by atoms with E-state index in [1.807, 2.05) is 6.07 Å². The van der Waals surface area contributed by atoms with Crippen LogP contribution in [0.3, 0.4) is 0 Å². The van der Waals surface area contributed by atoms with Crippen molar-refractivity contribution in [1.29, 1.82) is 0 Å². The molecule has 0 aliphatic carbocycles. The minimum atomic E-state index is -3.30. The maximum atomic E-state index is 11.2. The van der Waals surface area contributed by atoms with Crippen molar-refractivity contribution in [2.75, 3.05) is 29.4 Å². The summed E-state index contributed by atoms with van der Waals surface area (Å²) in [7, 11) is -3.30. The lowest BCUT2D eigenvalue weighted by Gasteiger charge is -2.25. The summed E-state index contributed by atoms with van der Waals surface area (Å²) >= 11 is 6.07. The molecule has 0 aromatic heterocycles. The van der Waals surface area contributed by atoms with Crippen molar-refractivity contribution in [1.82, 2.24) is 5.32 Å². The molecule has 1 fully saturated rings. The first-order chi connectivity index (χ1) is 8.94. The van der Waals surface area contributed by atoms with Crippen LogP contribution >= 0.6 is 11.6 Å². The lowest BCUT2D eigenvalue weighted by Crippen LogP contribution is -2.38. The highest BCUT2D eigenvalue weighted by atomic mass is 35.5. The van der Waals surface area contributed by atoms with Gasteiger partial charge in [0.1, 0.15) is 0 Å². The van der Waals surface area contributed by atoms with E-state index >= 15 is 0 Å². The van der Waals surface area contributed by atoms with Crippen LogP contribution in [0.1, 0.15) is 12.8 Å². The zero-order valence-corrected chi connectivity index (χ0v) is 12.3. The van der Waals surface area contributed by atoms with E-state index in [1.54, 1.807) is 12.1 Å². The number of nitrogens with one attached hydrogen (secondary N) is 3. The number of hydrogen-bond donors (Lipinski definition) is 3. The second-order valence-electron chi connectivity index (χ2n) is 4.76. The summed E-state index contributed by atoms with van der Waals surface area (Å²) in [5.74, 6) is 0. The van der Waals surface area contributed by atoms with Gasteiger partial charge in [0.15, 0.2) is 0 Å². The van der Waals surface area contributed by atoms with Crippen molar-refractivity contribution in [2.45, 2.75) is 18.9 Å². The van der Waals surface area contributed by atoms with Gasteiger partial charge in [0.2, 0.25) is 10.0 Å². The highest BCUT2D eigenvalue weighted by Crippen LogP contribution is 2.26. The first-order valence-electron chi connectivity index (χ1n) is 6.19. The summed E-state index contributed by atoms with van der Waals surface area (Å²) in [6.45, 7) is 2.00. The van der Waals surface area contributed by atoms with E-state index in [2.05, 4.69) is 15.4 Å². The Morgan fingerprint density at radius 3 is 2.79 bits per heavy atom. The largest absolute Gasteiger partial charge is 0.381 e. The molecule has 3 N–H and O–H groups in total. The third-order valence-corrected chi connectivity index (χ3v) is 3.84. The molecule has 19 heavy (non-hydrogen) atoms. The summed E-state index contributed by atoms with van der Waals surface area (Å²) in [6.07, 6.45) is 3.37. The Labute approximate surface area is 118 Å². The smallest absolute Gasteiger partial charge is 0.229 e.